The van der Waals surface area contributed by atoms with Crippen LogP contribution in [-0.4, -0.2) is 17.7 Å². The lowest BCUT2D eigenvalue weighted by Gasteiger charge is -2.13. The van der Waals surface area contributed by atoms with Crippen molar-refractivity contribution in [3.8, 4) is 11.5 Å². The topological polar surface area (TPSA) is 59.9 Å². The maximum atomic E-state index is 12.5. The summed E-state index contributed by atoms with van der Waals surface area (Å²) in [5, 5.41) is 3.95. The van der Waals surface area contributed by atoms with Crippen LogP contribution in [0, 0.1) is 6.92 Å². The number of carbonyl (C=O) groups is 1. The summed E-state index contributed by atoms with van der Waals surface area (Å²) in [6, 6.07) is 21.1. The number of rotatable bonds is 7. The third-order valence-corrected chi connectivity index (χ3v) is 6.16. The Kier molecular flexibility index (Phi) is 7.37. The lowest BCUT2D eigenvalue weighted by Crippen LogP contribution is -2.19. The van der Waals surface area contributed by atoms with Gasteiger partial charge in [-0.2, -0.15) is 0 Å². The summed E-state index contributed by atoms with van der Waals surface area (Å²) in [6.45, 7) is 4.81. The third-order valence-electron chi connectivity index (χ3n) is 4.84. The maximum absolute atomic E-state index is 12.5. The van der Waals surface area contributed by atoms with Crippen LogP contribution in [0.3, 0.4) is 0 Å². The van der Waals surface area contributed by atoms with Crippen molar-refractivity contribution >= 4 is 46.2 Å². The van der Waals surface area contributed by atoms with E-state index in [1.807, 2.05) is 80.6 Å². The van der Waals surface area contributed by atoms with Crippen LogP contribution < -0.4 is 14.8 Å². The molecule has 5 nitrogen and oxygen atoms in total. The molecule has 0 aliphatic carbocycles. The molecule has 1 heterocycles. The number of amidine groups is 1. The van der Waals surface area contributed by atoms with Gasteiger partial charge >= 0.3 is 0 Å². The minimum absolute atomic E-state index is 0.195. The number of ether oxygens (including phenoxy) is 2. The maximum Gasteiger partial charge on any atom is 0.264 e. The van der Waals surface area contributed by atoms with Crippen molar-refractivity contribution in [2.45, 2.75) is 20.5 Å². The Balaban J connectivity index is 1.51. The predicted octanol–water partition coefficient (Wildman–Crippen LogP) is 6.52. The fourth-order valence-corrected chi connectivity index (χ4v) is 4.15. The van der Waals surface area contributed by atoms with Gasteiger partial charge in [0, 0.05) is 5.02 Å². The fourth-order valence-electron chi connectivity index (χ4n) is 3.14. The van der Waals surface area contributed by atoms with Gasteiger partial charge in [0.1, 0.15) is 6.61 Å². The quantitative estimate of drug-likeness (QED) is 0.393. The molecule has 0 spiro atoms. The molecule has 3 aromatic carbocycles. The molecule has 0 bridgehead atoms. The van der Waals surface area contributed by atoms with Crippen LogP contribution in [0.25, 0.3) is 6.08 Å². The smallest absolute Gasteiger partial charge is 0.264 e. The number of nitrogens with one attached hydrogen (secondary N) is 1. The van der Waals surface area contributed by atoms with E-state index in [9.17, 15) is 4.79 Å². The number of halogens is 1. The van der Waals surface area contributed by atoms with Gasteiger partial charge in [0.25, 0.3) is 5.91 Å². The molecule has 1 N–H and O–H groups in total. The summed E-state index contributed by atoms with van der Waals surface area (Å²) in [4.78, 5) is 17.5. The zero-order valence-electron chi connectivity index (χ0n) is 18.3. The van der Waals surface area contributed by atoms with E-state index in [1.54, 1.807) is 6.07 Å². The molecule has 0 radical (unpaired) electrons. The highest BCUT2D eigenvalue weighted by atomic mass is 35.5. The Morgan fingerprint density at radius 1 is 1.03 bits per heavy atom. The van der Waals surface area contributed by atoms with Crippen LogP contribution in [0.1, 0.15) is 23.6 Å². The first kappa shape index (κ1) is 23.0. The molecule has 0 aromatic heterocycles. The highest BCUT2D eigenvalue weighted by Crippen LogP contribution is 2.33. The van der Waals surface area contributed by atoms with Crippen LogP contribution in [0.5, 0.6) is 11.5 Å². The average molecular weight is 479 g/mol. The highest BCUT2D eigenvalue weighted by molar-refractivity contribution is 8.18. The predicted molar refractivity (Wildman–Crippen MR) is 135 cm³/mol. The van der Waals surface area contributed by atoms with Crippen molar-refractivity contribution in [1.29, 1.82) is 0 Å². The number of aliphatic imine (C=N–C) groups is 1. The van der Waals surface area contributed by atoms with Gasteiger partial charge in [-0.25, -0.2) is 4.99 Å². The number of amides is 1. The summed E-state index contributed by atoms with van der Waals surface area (Å²) >= 11 is 7.46. The van der Waals surface area contributed by atoms with Gasteiger partial charge < -0.3 is 14.8 Å². The van der Waals surface area contributed by atoms with Crippen molar-refractivity contribution in [1.82, 2.24) is 5.32 Å². The van der Waals surface area contributed by atoms with Crippen molar-refractivity contribution < 1.29 is 14.3 Å². The molecule has 1 saturated heterocycles. The van der Waals surface area contributed by atoms with E-state index in [0.717, 1.165) is 16.7 Å². The number of nitrogens with zero attached hydrogens (tertiary/aromatic N) is 1. The summed E-state index contributed by atoms with van der Waals surface area (Å²) in [5.41, 5.74) is 3.58. The Morgan fingerprint density at radius 2 is 1.85 bits per heavy atom. The molecule has 1 amide bonds. The molecule has 4 rings (SSSR count). The van der Waals surface area contributed by atoms with Crippen molar-refractivity contribution in [2.24, 2.45) is 4.99 Å². The van der Waals surface area contributed by atoms with Gasteiger partial charge in [0.05, 0.1) is 17.2 Å². The number of aryl methyl sites for hydroxylation is 1. The van der Waals surface area contributed by atoms with Crippen LogP contribution >= 0.6 is 23.4 Å². The monoisotopic (exact) mass is 478 g/mol. The molecule has 33 heavy (non-hydrogen) atoms. The van der Waals surface area contributed by atoms with E-state index in [4.69, 9.17) is 21.1 Å². The summed E-state index contributed by atoms with van der Waals surface area (Å²) in [6.07, 6.45) is 1.81. The fraction of sp³-hybridized carbons (Fsp3) is 0.154. The van der Waals surface area contributed by atoms with Gasteiger partial charge in [-0.1, -0.05) is 54.1 Å². The molecule has 168 valence electrons. The molecule has 1 aliphatic heterocycles. The number of carbonyl (C=O) groups excluding carboxylic acids is 1. The zero-order chi connectivity index (χ0) is 23.2. The van der Waals surface area contributed by atoms with Gasteiger partial charge in [0.15, 0.2) is 16.7 Å². The first-order chi connectivity index (χ1) is 16.0. The van der Waals surface area contributed by atoms with E-state index < -0.39 is 0 Å². The standard InChI is InChI=1S/C26H23ClN2O3S/c1-3-31-23-13-19(10-12-22(23)32-16-18-7-5-4-6-8-18)14-24-25(30)29-26(33-24)28-20-11-9-17(2)21(27)15-20/h4-15H,3,16H2,1-2H3,(H,28,29,30). The van der Waals surface area contributed by atoms with Crippen LogP contribution in [-0.2, 0) is 11.4 Å². The molecule has 0 unspecified atom stereocenters. The largest absolute Gasteiger partial charge is 0.490 e. The summed E-state index contributed by atoms with van der Waals surface area (Å²) in [5.74, 6) is 1.10. The Morgan fingerprint density at radius 3 is 2.61 bits per heavy atom. The molecule has 7 heteroatoms. The summed E-state index contributed by atoms with van der Waals surface area (Å²) in [7, 11) is 0. The molecule has 0 atom stereocenters. The second-order valence-corrected chi connectivity index (χ2v) is 8.77. The average Bonchev–Trinajstić information content (AvgIpc) is 3.15. The Bertz CT molecular complexity index is 1230. The number of benzene rings is 3. The zero-order valence-corrected chi connectivity index (χ0v) is 19.9. The van der Waals surface area contributed by atoms with Gasteiger partial charge in [-0.15, -0.1) is 0 Å². The molecule has 3 aromatic rings. The van der Waals surface area contributed by atoms with Crippen LogP contribution in [0.2, 0.25) is 5.02 Å². The SMILES string of the molecule is CCOc1cc(C=C2SC(=Nc3ccc(C)c(Cl)c3)NC2=O)ccc1OCc1ccccc1. The van der Waals surface area contributed by atoms with Gasteiger partial charge in [0.2, 0.25) is 0 Å². The number of hydrogen-bond acceptors (Lipinski definition) is 5. The van der Waals surface area contributed by atoms with Crippen molar-refractivity contribution in [3.63, 3.8) is 0 Å². The Hall–Kier alpha value is -3.22. The van der Waals surface area contributed by atoms with E-state index in [0.29, 0.717) is 45.5 Å². The molecule has 1 fully saturated rings. The minimum Gasteiger partial charge on any atom is -0.490 e. The van der Waals surface area contributed by atoms with Gasteiger partial charge in [-0.05, 0) is 72.6 Å². The van der Waals surface area contributed by atoms with E-state index in [-0.39, 0.29) is 5.91 Å². The van der Waals surface area contributed by atoms with Crippen LogP contribution in [0.15, 0.2) is 76.6 Å². The van der Waals surface area contributed by atoms with Crippen molar-refractivity contribution in [2.75, 3.05) is 6.61 Å². The lowest BCUT2D eigenvalue weighted by molar-refractivity contribution is -0.115. The van der Waals surface area contributed by atoms with Crippen LogP contribution in [0.4, 0.5) is 5.69 Å². The number of thioether (sulfide) groups is 1. The highest BCUT2D eigenvalue weighted by Gasteiger charge is 2.24. The molecular formula is C26H23ClN2O3S. The lowest BCUT2D eigenvalue weighted by atomic mass is 10.2. The number of hydrogen-bond donors (Lipinski definition) is 1. The minimum atomic E-state index is -0.195. The first-order valence-electron chi connectivity index (χ1n) is 10.5. The molecule has 1 aliphatic rings. The molecule has 0 saturated carbocycles. The molecular weight excluding hydrogens is 456 g/mol. The summed E-state index contributed by atoms with van der Waals surface area (Å²) < 4.78 is 11.7. The third kappa shape index (κ3) is 5.97. The normalized spacial score (nSPS) is 15.7. The second kappa shape index (κ2) is 10.6. The van der Waals surface area contributed by atoms with E-state index in [2.05, 4.69) is 10.3 Å². The first-order valence-corrected chi connectivity index (χ1v) is 11.7. The Labute approximate surface area is 202 Å². The van der Waals surface area contributed by atoms with E-state index >= 15 is 0 Å². The van der Waals surface area contributed by atoms with Crippen molar-refractivity contribution in [3.05, 3.63) is 93.3 Å². The second-order valence-electron chi connectivity index (χ2n) is 7.33. The van der Waals surface area contributed by atoms with Gasteiger partial charge in [-0.3, -0.25) is 4.79 Å². The van der Waals surface area contributed by atoms with E-state index in [1.165, 1.54) is 11.8 Å².